The molecule has 0 fully saturated rings. The van der Waals surface area contributed by atoms with Gasteiger partial charge in [-0.3, -0.25) is 0 Å². The Labute approximate surface area is 154 Å². The van der Waals surface area contributed by atoms with Gasteiger partial charge >= 0.3 is 0 Å². The largest absolute Gasteiger partial charge is 0.343 e. The van der Waals surface area contributed by atoms with Crippen LogP contribution in [0.5, 0.6) is 0 Å². The van der Waals surface area contributed by atoms with Crippen LogP contribution < -0.4 is 0 Å². The molecule has 0 N–H and O–H groups in total. The number of ether oxygens (including phenoxy) is 1. The molecule has 0 aliphatic rings. The van der Waals surface area contributed by atoms with Crippen LogP contribution in [-0.2, 0) is 25.6 Å². The van der Waals surface area contributed by atoms with Crippen molar-refractivity contribution in [3.05, 3.63) is 102 Å². The normalized spacial score (nSPS) is 12.7. The molecule has 4 nitrogen and oxygen atoms in total. The standard InChI is InChI=1S/C21H20O4S/c1-17-12-14-20(15-13-17)26(22,23)25-21(19-10-6-3-7-11-19)24-16-18-8-4-2-5-9-18/h2-15,21H,16H2,1H3. The van der Waals surface area contributed by atoms with Gasteiger partial charge in [0.2, 0.25) is 6.29 Å². The van der Waals surface area contributed by atoms with Crippen LogP contribution in [0.3, 0.4) is 0 Å². The van der Waals surface area contributed by atoms with Crippen molar-refractivity contribution in [2.24, 2.45) is 0 Å². The minimum Gasteiger partial charge on any atom is -0.343 e. The van der Waals surface area contributed by atoms with Crippen molar-refractivity contribution in [1.29, 1.82) is 0 Å². The highest BCUT2D eigenvalue weighted by atomic mass is 32.2. The maximum Gasteiger partial charge on any atom is 0.299 e. The summed E-state index contributed by atoms with van der Waals surface area (Å²) < 4.78 is 36.5. The summed E-state index contributed by atoms with van der Waals surface area (Å²) in [6.07, 6.45) is -1.03. The second kappa shape index (κ2) is 8.27. The van der Waals surface area contributed by atoms with Crippen molar-refractivity contribution in [3.63, 3.8) is 0 Å². The fraction of sp³-hybridized carbons (Fsp3) is 0.143. The fourth-order valence-corrected chi connectivity index (χ4v) is 3.39. The van der Waals surface area contributed by atoms with E-state index in [9.17, 15) is 8.42 Å². The average Bonchev–Trinajstić information content (AvgIpc) is 2.67. The summed E-state index contributed by atoms with van der Waals surface area (Å²) in [5.74, 6) is 0. The van der Waals surface area contributed by atoms with Crippen LogP contribution in [0.15, 0.2) is 89.8 Å². The highest BCUT2D eigenvalue weighted by molar-refractivity contribution is 7.86. The Morgan fingerprint density at radius 3 is 2.00 bits per heavy atom. The lowest BCUT2D eigenvalue weighted by Gasteiger charge is -2.19. The van der Waals surface area contributed by atoms with E-state index in [4.69, 9.17) is 8.92 Å². The van der Waals surface area contributed by atoms with E-state index in [1.807, 2.05) is 55.5 Å². The van der Waals surface area contributed by atoms with Crippen LogP contribution in [0.4, 0.5) is 0 Å². The molecule has 0 saturated heterocycles. The van der Waals surface area contributed by atoms with E-state index in [2.05, 4.69) is 0 Å². The number of rotatable bonds is 7. The number of aryl methyl sites for hydroxylation is 1. The van der Waals surface area contributed by atoms with Crippen LogP contribution in [0.25, 0.3) is 0 Å². The molecule has 0 aliphatic heterocycles. The Hall–Kier alpha value is -2.47. The first-order valence-electron chi connectivity index (χ1n) is 8.25. The third-order valence-electron chi connectivity index (χ3n) is 3.84. The van der Waals surface area contributed by atoms with Gasteiger partial charge in [0.1, 0.15) is 0 Å². The maximum absolute atomic E-state index is 12.6. The number of hydrogen-bond acceptors (Lipinski definition) is 4. The van der Waals surface area contributed by atoms with Crippen molar-refractivity contribution in [3.8, 4) is 0 Å². The molecule has 3 rings (SSSR count). The van der Waals surface area contributed by atoms with Gasteiger partial charge in [0, 0.05) is 5.56 Å². The molecule has 0 heterocycles. The van der Waals surface area contributed by atoms with Gasteiger partial charge in [-0.05, 0) is 24.6 Å². The fourth-order valence-electron chi connectivity index (χ4n) is 2.41. The molecule has 0 amide bonds. The zero-order chi connectivity index (χ0) is 18.4. The van der Waals surface area contributed by atoms with Crippen LogP contribution in [-0.4, -0.2) is 8.42 Å². The zero-order valence-electron chi connectivity index (χ0n) is 14.4. The van der Waals surface area contributed by atoms with Crippen molar-refractivity contribution in [2.45, 2.75) is 24.7 Å². The minimum absolute atomic E-state index is 0.104. The smallest absolute Gasteiger partial charge is 0.299 e. The topological polar surface area (TPSA) is 52.6 Å². The van der Waals surface area contributed by atoms with Gasteiger partial charge in [0.25, 0.3) is 10.1 Å². The summed E-state index contributed by atoms with van der Waals surface area (Å²) in [4.78, 5) is 0.104. The van der Waals surface area contributed by atoms with Gasteiger partial charge < -0.3 is 4.74 Å². The quantitative estimate of drug-likeness (QED) is 0.451. The SMILES string of the molecule is Cc1ccc(S(=O)(=O)OC(OCc2ccccc2)c2ccccc2)cc1. The van der Waals surface area contributed by atoms with Crippen molar-refractivity contribution in [1.82, 2.24) is 0 Å². The molecule has 0 aliphatic carbocycles. The van der Waals surface area contributed by atoms with E-state index in [0.29, 0.717) is 5.56 Å². The minimum atomic E-state index is -3.95. The first-order chi connectivity index (χ1) is 12.5. The summed E-state index contributed by atoms with van der Waals surface area (Å²) in [6.45, 7) is 2.14. The molecule has 26 heavy (non-hydrogen) atoms. The van der Waals surface area contributed by atoms with Gasteiger partial charge in [0.15, 0.2) is 0 Å². The van der Waals surface area contributed by atoms with Gasteiger partial charge in [-0.1, -0.05) is 78.4 Å². The van der Waals surface area contributed by atoms with Gasteiger partial charge in [-0.25, -0.2) is 4.18 Å². The Morgan fingerprint density at radius 2 is 1.38 bits per heavy atom. The second-order valence-electron chi connectivity index (χ2n) is 5.90. The molecule has 0 saturated carbocycles. The molecule has 134 valence electrons. The van der Waals surface area contributed by atoms with Gasteiger partial charge in [-0.2, -0.15) is 8.42 Å². The molecule has 0 spiro atoms. The Morgan fingerprint density at radius 1 is 0.808 bits per heavy atom. The van der Waals surface area contributed by atoms with E-state index < -0.39 is 16.4 Å². The average molecular weight is 368 g/mol. The van der Waals surface area contributed by atoms with E-state index in [1.54, 1.807) is 24.3 Å². The summed E-state index contributed by atoms with van der Waals surface area (Å²) >= 11 is 0. The van der Waals surface area contributed by atoms with E-state index in [-0.39, 0.29) is 11.5 Å². The number of benzene rings is 3. The third-order valence-corrected chi connectivity index (χ3v) is 5.12. The first kappa shape index (κ1) is 18.3. The van der Waals surface area contributed by atoms with Crippen LogP contribution in [0, 0.1) is 6.92 Å². The van der Waals surface area contributed by atoms with Gasteiger partial charge in [-0.15, -0.1) is 0 Å². The van der Waals surface area contributed by atoms with Crippen molar-refractivity contribution >= 4 is 10.1 Å². The van der Waals surface area contributed by atoms with E-state index in [1.165, 1.54) is 12.1 Å². The molecule has 0 bridgehead atoms. The van der Waals surface area contributed by atoms with Crippen molar-refractivity contribution in [2.75, 3.05) is 0 Å². The van der Waals surface area contributed by atoms with Crippen LogP contribution >= 0.6 is 0 Å². The third kappa shape index (κ3) is 4.79. The van der Waals surface area contributed by atoms with Crippen molar-refractivity contribution < 1.29 is 17.3 Å². The molecule has 1 unspecified atom stereocenters. The molecule has 3 aromatic rings. The molecular weight excluding hydrogens is 348 g/mol. The number of hydrogen-bond donors (Lipinski definition) is 0. The molecule has 0 radical (unpaired) electrons. The lowest BCUT2D eigenvalue weighted by molar-refractivity contribution is -0.0891. The highest BCUT2D eigenvalue weighted by Gasteiger charge is 2.24. The lowest BCUT2D eigenvalue weighted by Crippen LogP contribution is -2.15. The predicted molar refractivity (Wildman–Crippen MR) is 99.9 cm³/mol. The predicted octanol–water partition coefficient (Wildman–Crippen LogP) is 4.62. The van der Waals surface area contributed by atoms with E-state index in [0.717, 1.165) is 11.1 Å². The first-order valence-corrected chi connectivity index (χ1v) is 9.66. The lowest BCUT2D eigenvalue weighted by atomic mass is 10.2. The molecule has 3 aromatic carbocycles. The summed E-state index contributed by atoms with van der Waals surface area (Å²) in [7, 11) is -3.95. The Kier molecular flexibility index (Phi) is 5.83. The molecule has 1 atom stereocenters. The van der Waals surface area contributed by atoms with Crippen LogP contribution in [0.1, 0.15) is 23.0 Å². The summed E-state index contributed by atoms with van der Waals surface area (Å²) in [5, 5.41) is 0. The molecule has 0 aromatic heterocycles. The van der Waals surface area contributed by atoms with E-state index >= 15 is 0 Å². The Balaban J connectivity index is 1.82. The summed E-state index contributed by atoms with van der Waals surface area (Å²) in [6, 6.07) is 25.1. The molecule has 5 heteroatoms. The van der Waals surface area contributed by atoms with Gasteiger partial charge in [0.05, 0.1) is 11.5 Å². The molecular formula is C21H20O4S. The monoisotopic (exact) mass is 368 g/mol. The zero-order valence-corrected chi connectivity index (χ0v) is 15.2. The maximum atomic E-state index is 12.6. The highest BCUT2D eigenvalue weighted by Crippen LogP contribution is 2.26. The summed E-state index contributed by atoms with van der Waals surface area (Å²) in [5.41, 5.74) is 2.55. The second-order valence-corrected chi connectivity index (χ2v) is 7.47. The van der Waals surface area contributed by atoms with Crippen LogP contribution in [0.2, 0.25) is 0 Å². The Bertz CT molecular complexity index is 921.